The Kier molecular flexibility index (Phi) is 3.96. The van der Waals surface area contributed by atoms with E-state index in [2.05, 4.69) is 10.3 Å². The zero-order valence-corrected chi connectivity index (χ0v) is 12.8. The molecule has 0 aliphatic rings. The van der Waals surface area contributed by atoms with Crippen LogP contribution in [0.1, 0.15) is 12.6 Å². The van der Waals surface area contributed by atoms with Crippen molar-refractivity contribution in [1.82, 2.24) is 9.38 Å². The van der Waals surface area contributed by atoms with Crippen LogP contribution in [0, 0.1) is 0 Å². The highest BCUT2D eigenvalue weighted by molar-refractivity contribution is 7.15. The Morgan fingerprint density at radius 3 is 3.10 bits per heavy atom. The van der Waals surface area contributed by atoms with Crippen molar-refractivity contribution in [2.75, 3.05) is 19.0 Å². The third-order valence-corrected chi connectivity index (χ3v) is 3.88. The molecule has 6 heteroatoms. The van der Waals surface area contributed by atoms with E-state index in [1.54, 1.807) is 18.4 Å². The summed E-state index contributed by atoms with van der Waals surface area (Å²) in [5, 5.41) is 5.40. The van der Waals surface area contributed by atoms with Crippen molar-refractivity contribution >= 4 is 22.0 Å². The number of aromatic nitrogens is 2. The smallest absolute Gasteiger partial charge is 0.238 e. The summed E-state index contributed by atoms with van der Waals surface area (Å²) in [6.07, 6.45) is 2.00. The quantitative estimate of drug-likeness (QED) is 0.758. The van der Waals surface area contributed by atoms with Gasteiger partial charge in [-0.05, 0) is 19.1 Å². The number of nitrogens with one attached hydrogen (secondary N) is 1. The molecule has 0 saturated carbocycles. The molecule has 0 aliphatic heterocycles. The number of thiazole rings is 1. The second-order valence-electron chi connectivity index (χ2n) is 4.44. The van der Waals surface area contributed by atoms with Crippen LogP contribution in [-0.2, 0) is 6.54 Å². The Labute approximate surface area is 127 Å². The van der Waals surface area contributed by atoms with Gasteiger partial charge in [-0.3, -0.25) is 4.40 Å². The Morgan fingerprint density at radius 1 is 1.38 bits per heavy atom. The highest BCUT2D eigenvalue weighted by atomic mass is 32.1. The third kappa shape index (κ3) is 2.80. The molecule has 110 valence electrons. The normalized spacial score (nSPS) is 10.8. The molecule has 0 fully saturated rings. The first-order valence-corrected chi connectivity index (χ1v) is 7.65. The zero-order chi connectivity index (χ0) is 14.7. The number of benzene rings is 1. The van der Waals surface area contributed by atoms with Crippen LogP contribution in [0.4, 0.5) is 5.69 Å². The lowest BCUT2D eigenvalue weighted by Crippen LogP contribution is -2.04. The molecule has 0 radical (unpaired) electrons. The van der Waals surface area contributed by atoms with Gasteiger partial charge >= 0.3 is 0 Å². The maximum absolute atomic E-state index is 5.51. The van der Waals surface area contributed by atoms with Crippen molar-refractivity contribution in [3.05, 3.63) is 41.5 Å². The van der Waals surface area contributed by atoms with Gasteiger partial charge in [0.05, 0.1) is 20.3 Å². The fourth-order valence-corrected chi connectivity index (χ4v) is 2.91. The number of rotatable bonds is 6. The van der Waals surface area contributed by atoms with Gasteiger partial charge in [-0.1, -0.05) is 6.07 Å². The van der Waals surface area contributed by atoms with Crippen molar-refractivity contribution in [2.45, 2.75) is 13.5 Å². The summed E-state index contributed by atoms with van der Waals surface area (Å²) in [6, 6.07) is 7.93. The predicted octanol–water partition coefficient (Wildman–Crippen LogP) is 3.42. The molecule has 0 bridgehead atoms. The minimum Gasteiger partial charge on any atom is -0.494 e. The second-order valence-corrected chi connectivity index (χ2v) is 5.31. The molecule has 0 unspecified atom stereocenters. The molecule has 21 heavy (non-hydrogen) atoms. The summed E-state index contributed by atoms with van der Waals surface area (Å²) in [5.41, 5.74) is 2.02. The van der Waals surface area contributed by atoms with Crippen LogP contribution in [0.2, 0.25) is 0 Å². The molecule has 0 aliphatic carbocycles. The lowest BCUT2D eigenvalue weighted by Gasteiger charge is -2.09. The van der Waals surface area contributed by atoms with E-state index in [-0.39, 0.29) is 0 Å². The highest BCUT2D eigenvalue weighted by Crippen LogP contribution is 2.24. The minimum absolute atomic E-state index is 0.636. The second kappa shape index (κ2) is 6.05. The van der Waals surface area contributed by atoms with Crippen molar-refractivity contribution in [1.29, 1.82) is 0 Å². The van der Waals surface area contributed by atoms with Crippen LogP contribution in [0.15, 0.2) is 35.8 Å². The predicted molar refractivity (Wildman–Crippen MR) is 84.6 cm³/mol. The molecule has 0 amide bonds. The minimum atomic E-state index is 0.636. The average molecular weight is 303 g/mol. The monoisotopic (exact) mass is 303 g/mol. The molecular formula is C15H17N3O2S. The van der Waals surface area contributed by atoms with E-state index < -0.39 is 0 Å². The number of hydrogen-bond acceptors (Lipinski definition) is 5. The SMILES string of the molecule is CCOc1cccc(NCc2c(OC)nc3sccn23)c1. The summed E-state index contributed by atoms with van der Waals surface area (Å²) in [6.45, 7) is 3.27. The van der Waals surface area contributed by atoms with Gasteiger partial charge in [-0.15, -0.1) is 11.3 Å². The molecule has 2 aromatic heterocycles. The summed E-state index contributed by atoms with van der Waals surface area (Å²) in [4.78, 5) is 5.38. The molecule has 3 aromatic rings. The van der Waals surface area contributed by atoms with Gasteiger partial charge in [-0.2, -0.15) is 4.98 Å². The van der Waals surface area contributed by atoms with Gasteiger partial charge in [0.25, 0.3) is 0 Å². The van der Waals surface area contributed by atoms with Crippen LogP contribution in [0.5, 0.6) is 11.6 Å². The maximum atomic E-state index is 5.51. The molecule has 0 saturated heterocycles. The van der Waals surface area contributed by atoms with Gasteiger partial charge in [0, 0.05) is 23.3 Å². The van der Waals surface area contributed by atoms with Crippen LogP contribution in [0.3, 0.4) is 0 Å². The molecule has 2 heterocycles. The lowest BCUT2D eigenvalue weighted by atomic mass is 10.3. The molecule has 1 aromatic carbocycles. The van der Waals surface area contributed by atoms with E-state index in [9.17, 15) is 0 Å². The van der Waals surface area contributed by atoms with Gasteiger partial charge < -0.3 is 14.8 Å². The number of imidazole rings is 1. The Bertz CT molecular complexity index is 735. The topological polar surface area (TPSA) is 47.8 Å². The fourth-order valence-electron chi connectivity index (χ4n) is 2.19. The number of nitrogens with zero attached hydrogens (tertiary/aromatic N) is 2. The van der Waals surface area contributed by atoms with E-state index >= 15 is 0 Å². The molecule has 0 atom stereocenters. The fraction of sp³-hybridized carbons (Fsp3) is 0.267. The van der Waals surface area contributed by atoms with Gasteiger partial charge in [0.2, 0.25) is 5.88 Å². The first kappa shape index (κ1) is 13.8. The first-order chi connectivity index (χ1) is 10.3. The summed E-state index contributed by atoms with van der Waals surface area (Å²) in [7, 11) is 1.64. The summed E-state index contributed by atoms with van der Waals surface area (Å²) < 4.78 is 12.9. The van der Waals surface area contributed by atoms with E-state index in [1.165, 1.54) is 0 Å². The Hall–Kier alpha value is -2.21. The van der Waals surface area contributed by atoms with E-state index in [0.717, 1.165) is 22.1 Å². The van der Waals surface area contributed by atoms with Gasteiger partial charge in [-0.25, -0.2) is 0 Å². The number of ether oxygens (including phenoxy) is 2. The molecule has 1 N–H and O–H groups in total. The van der Waals surface area contributed by atoms with Crippen LogP contribution in [0.25, 0.3) is 4.96 Å². The lowest BCUT2D eigenvalue weighted by molar-refractivity contribution is 0.340. The van der Waals surface area contributed by atoms with Crippen LogP contribution < -0.4 is 14.8 Å². The van der Waals surface area contributed by atoms with Gasteiger partial charge in [0.1, 0.15) is 11.4 Å². The van der Waals surface area contributed by atoms with Gasteiger partial charge in [0.15, 0.2) is 4.96 Å². The molecule has 5 nitrogen and oxygen atoms in total. The van der Waals surface area contributed by atoms with Crippen molar-refractivity contribution < 1.29 is 9.47 Å². The molecular weight excluding hydrogens is 286 g/mol. The summed E-state index contributed by atoms with van der Waals surface area (Å²) in [5.74, 6) is 1.53. The maximum Gasteiger partial charge on any atom is 0.238 e. The van der Waals surface area contributed by atoms with E-state index in [1.807, 2.05) is 47.2 Å². The number of methoxy groups -OCH3 is 1. The zero-order valence-electron chi connectivity index (χ0n) is 12.0. The van der Waals surface area contributed by atoms with Crippen molar-refractivity contribution in [3.63, 3.8) is 0 Å². The molecule has 0 spiro atoms. The first-order valence-electron chi connectivity index (χ1n) is 6.77. The van der Waals surface area contributed by atoms with E-state index in [4.69, 9.17) is 9.47 Å². The molecule has 3 rings (SSSR count). The van der Waals surface area contributed by atoms with E-state index in [0.29, 0.717) is 19.0 Å². The standard InChI is InChI=1S/C15H17N3O2S/c1-3-20-12-6-4-5-11(9-12)16-10-13-14(19-2)17-15-18(13)7-8-21-15/h4-9,16H,3,10H2,1-2H3. The highest BCUT2D eigenvalue weighted by Gasteiger charge is 2.13. The third-order valence-electron chi connectivity index (χ3n) is 3.12. The Morgan fingerprint density at radius 2 is 2.29 bits per heavy atom. The van der Waals surface area contributed by atoms with Crippen LogP contribution in [-0.4, -0.2) is 23.1 Å². The summed E-state index contributed by atoms with van der Waals surface area (Å²) >= 11 is 1.59. The van der Waals surface area contributed by atoms with Crippen molar-refractivity contribution in [3.8, 4) is 11.6 Å². The number of fused-ring (bicyclic) bond motifs is 1. The number of hydrogen-bond donors (Lipinski definition) is 1. The average Bonchev–Trinajstić information content (AvgIpc) is 3.06. The van der Waals surface area contributed by atoms with Crippen molar-refractivity contribution in [2.24, 2.45) is 0 Å². The largest absolute Gasteiger partial charge is 0.494 e. The van der Waals surface area contributed by atoms with Crippen LogP contribution >= 0.6 is 11.3 Å². The number of anilines is 1. The Balaban J connectivity index is 1.79.